The zero-order valence-corrected chi connectivity index (χ0v) is 13.9. The molecule has 118 valence electrons. The smallest absolute Gasteiger partial charge is 0.180 e. The number of nitrogen functional groups attached to an aromatic ring is 1. The zero-order chi connectivity index (χ0) is 15.5. The monoisotopic (exact) mass is 340 g/mol. The Hall–Kier alpha value is -1.58. The molecule has 0 aromatic carbocycles. The second kappa shape index (κ2) is 6.67. The van der Waals surface area contributed by atoms with Crippen molar-refractivity contribution < 1.29 is 8.95 Å². The summed E-state index contributed by atoms with van der Waals surface area (Å²) < 4.78 is 17.0. The Morgan fingerprint density at radius 1 is 1.41 bits per heavy atom. The van der Waals surface area contributed by atoms with Crippen LogP contribution in [0.5, 0.6) is 0 Å². The summed E-state index contributed by atoms with van der Waals surface area (Å²) in [6.45, 7) is 2.95. The molecule has 1 saturated heterocycles. The van der Waals surface area contributed by atoms with Crippen molar-refractivity contribution >= 4 is 33.1 Å². The number of hydrogen-bond acceptors (Lipinski definition) is 8. The van der Waals surface area contributed by atoms with Crippen molar-refractivity contribution in [3.8, 4) is 10.7 Å². The molecule has 0 spiro atoms. The first-order valence-electron chi connectivity index (χ1n) is 6.92. The highest BCUT2D eigenvalue weighted by atomic mass is 32.2. The highest BCUT2D eigenvalue weighted by Gasteiger charge is 2.17. The van der Waals surface area contributed by atoms with Gasteiger partial charge in [-0.05, 0) is 0 Å². The van der Waals surface area contributed by atoms with Crippen LogP contribution in [0.15, 0.2) is 12.3 Å². The Balaban J connectivity index is 1.99. The quantitative estimate of drug-likeness (QED) is 0.651. The van der Waals surface area contributed by atoms with Crippen LogP contribution >= 0.6 is 11.3 Å². The summed E-state index contributed by atoms with van der Waals surface area (Å²) in [5.41, 5.74) is 6.47. The van der Waals surface area contributed by atoms with Crippen LogP contribution in [0.25, 0.3) is 10.7 Å². The van der Waals surface area contributed by atoms with Crippen LogP contribution in [-0.4, -0.2) is 47.5 Å². The number of aromatic nitrogens is 3. The molecule has 2 N–H and O–H groups in total. The highest BCUT2D eigenvalue weighted by Crippen LogP contribution is 2.27. The summed E-state index contributed by atoms with van der Waals surface area (Å²) in [4.78, 5) is 16.2. The summed E-state index contributed by atoms with van der Waals surface area (Å²) >= 11 is 1.35. The van der Waals surface area contributed by atoms with Crippen LogP contribution in [0.3, 0.4) is 0 Å². The normalized spacial score (nSPS) is 16.7. The van der Waals surface area contributed by atoms with Crippen LogP contribution in [0, 0.1) is 0 Å². The van der Waals surface area contributed by atoms with Gasteiger partial charge in [-0.2, -0.15) is 0 Å². The standard InChI is InChI=1S/C13H17N5O2S2/c1-22(19)8-9-6-11(18-2-4-20-5-3-18)17-12(16-9)10-7-15-13(14)21-10/h6-7H,2-5,8H2,1H3,(H2,14,15)/p+1. The van der Waals surface area contributed by atoms with Crippen molar-refractivity contribution in [3.05, 3.63) is 18.0 Å². The van der Waals surface area contributed by atoms with Crippen molar-refractivity contribution in [3.63, 3.8) is 0 Å². The van der Waals surface area contributed by atoms with Gasteiger partial charge in [-0.15, -0.1) is 4.21 Å². The molecule has 7 nitrogen and oxygen atoms in total. The zero-order valence-electron chi connectivity index (χ0n) is 12.2. The van der Waals surface area contributed by atoms with Gasteiger partial charge in [-0.25, -0.2) is 15.0 Å². The van der Waals surface area contributed by atoms with Gasteiger partial charge in [0.25, 0.3) is 0 Å². The van der Waals surface area contributed by atoms with E-state index in [4.69, 9.17) is 10.5 Å². The molecule has 0 radical (unpaired) electrons. The molecular formula is C13H18N5O2S2+. The third kappa shape index (κ3) is 3.60. The maximum Gasteiger partial charge on any atom is 0.180 e. The molecule has 3 heterocycles. The van der Waals surface area contributed by atoms with Gasteiger partial charge in [-0.3, -0.25) is 0 Å². The number of hydrogen-bond donors (Lipinski definition) is 1. The minimum absolute atomic E-state index is 0.441. The molecule has 22 heavy (non-hydrogen) atoms. The first kappa shape index (κ1) is 15.3. The lowest BCUT2D eigenvalue weighted by Crippen LogP contribution is -2.37. The number of ether oxygens (including phenoxy) is 1. The van der Waals surface area contributed by atoms with Crippen molar-refractivity contribution in [2.75, 3.05) is 43.2 Å². The average molecular weight is 340 g/mol. The average Bonchev–Trinajstić information content (AvgIpc) is 2.94. The van der Waals surface area contributed by atoms with E-state index in [1.807, 2.05) is 6.07 Å². The Bertz CT molecular complexity index is 685. The minimum Gasteiger partial charge on any atom is -0.378 e. The molecule has 0 amide bonds. The second-order valence-electron chi connectivity index (χ2n) is 4.99. The van der Waals surface area contributed by atoms with Gasteiger partial charge in [0.2, 0.25) is 0 Å². The minimum atomic E-state index is -1.30. The Labute approximate surface area is 135 Å². The Kier molecular flexibility index (Phi) is 4.65. The number of nitrogens with two attached hydrogens (primary N) is 1. The SMILES string of the molecule is C[SH+](=O)Cc1cc(N2CCOCC2)nc(-c2cnc(N)s2)n1. The number of thiol groups is 1. The van der Waals surface area contributed by atoms with Crippen LogP contribution in [-0.2, 0) is 25.5 Å². The predicted octanol–water partition coefficient (Wildman–Crippen LogP) is 0.845. The third-order valence-electron chi connectivity index (χ3n) is 3.23. The summed E-state index contributed by atoms with van der Waals surface area (Å²) in [6, 6.07) is 1.91. The van der Waals surface area contributed by atoms with E-state index in [0.29, 0.717) is 29.9 Å². The lowest BCUT2D eigenvalue weighted by Gasteiger charge is -2.28. The molecule has 2 aromatic heterocycles. The van der Waals surface area contributed by atoms with E-state index in [9.17, 15) is 4.21 Å². The summed E-state index contributed by atoms with van der Waals surface area (Å²) in [5, 5.41) is 0.485. The van der Waals surface area contributed by atoms with Gasteiger partial charge in [0.05, 0.1) is 47.0 Å². The summed E-state index contributed by atoms with van der Waals surface area (Å²) in [5.74, 6) is 1.87. The molecule has 1 aliphatic heterocycles. The molecule has 3 rings (SSSR count). The molecule has 1 unspecified atom stereocenters. The Morgan fingerprint density at radius 3 is 2.82 bits per heavy atom. The largest absolute Gasteiger partial charge is 0.378 e. The van der Waals surface area contributed by atoms with Crippen molar-refractivity contribution in [2.45, 2.75) is 5.75 Å². The predicted molar refractivity (Wildman–Crippen MR) is 89.7 cm³/mol. The van der Waals surface area contributed by atoms with Crippen molar-refractivity contribution in [1.82, 2.24) is 15.0 Å². The van der Waals surface area contributed by atoms with Gasteiger partial charge in [0.1, 0.15) is 5.82 Å². The van der Waals surface area contributed by atoms with Gasteiger partial charge in [0.15, 0.2) is 16.7 Å². The fraction of sp³-hybridized carbons (Fsp3) is 0.462. The van der Waals surface area contributed by atoms with Crippen LogP contribution in [0.1, 0.15) is 5.69 Å². The van der Waals surface area contributed by atoms with E-state index in [-0.39, 0.29) is 0 Å². The van der Waals surface area contributed by atoms with E-state index >= 15 is 0 Å². The molecule has 1 fully saturated rings. The van der Waals surface area contributed by atoms with E-state index in [1.54, 1.807) is 12.5 Å². The van der Waals surface area contributed by atoms with E-state index in [2.05, 4.69) is 19.9 Å². The second-order valence-corrected chi connectivity index (χ2v) is 7.62. The fourth-order valence-corrected chi connectivity index (χ4v) is 3.48. The molecule has 1 atom stereocenters. The van der Waals surface area contributed by atoms with E-state index < -0.39 is 10.8 Å². The topological polar surface area (TPSA) is 94.2 Å². The molecule has 9 heteroatoms. The Morgan fingerprint density at radius 2 is 2.18 bits per heavy atom. The molecule has 0 saturated carbocycles. The number of morpholine rings is 1. The third-order valence-corrected chi connectivity index (χ3v) is 4.82. The maximum absolute atomic E-state index is 11.6. The fourth-order valence-electron chi connectivity index (χ4n) is 2.25. The highest BCUT2D eigenvalue weighted by molar-refractivity contribution is 7.83. The summed E-state index contributed by atoms with van der Waals surface area (Å²) in [6.07, 6.45) is 3.38. The van der Waals surface area contributed by atoms with Gasteiger partial charge < -0.3 is 15.4 Å². The number of anilines is 2. The van der Waals surface area contributed by atoms with Crippen LogP contribution in [0.4, 0.5) is 10.9 Å². The maximum atomic E-state index is 11.6. The number of rotatable bonds is 4. The molecule has 1 aliphatic rings. The van der Waals surface area contributed by atoms with Gasteiger partial charge in [0, 0.05) is 19.2 Å². The first-order chi connectivity index (χ1) is 10.6. The van der Waals surface area contributed by atoms with Gasteiger partial charge in [-0.1, -0.05) is 11.3 Å². The molecular weight excluding hydrogens is 322 g/mol. The molecule has 0 aliphatic carbocycles. The number of thiazole rings is 1. The molecule has 0 bridgehead atoms. The van der Waals surface area contributed by atoms with Gasteiger partial charge >= 0.3 is 0 Å². The van der Waals surface area contributed by atoms with Crippen LogP contribution in [0.2, 0.25) is 0 Å². The van der Waals surface area contributed by atoms with E-state index in [1.165, 1.54) is 11.3 Å². The lowest BCUT2D eigenvalue weighted by molar-refractivity contribution is 0.122. The van der Waals surface area contributed by atoms with Crippen molar-refractivity contribution in [2.24, 2.45) is 0 Å². The first-order valence-corrected chi connectivity index (χ1v) is 9.63. The van der Waals surface area contributed by atoms with Crippen LogP contribution < -0.4 is 10.6 Å². The van der Waals surface area contributed by atoms with Crippen molar-refractivity contribution in [1.29, 1.82) is 0 Å². The number of nitrogens with zero attached hydrogens (tertiary/aromatic N) is 4. The lowest BCUT2D eigenvalue weighted by atomic mass is 10.3. The molecule has 2 aromatic rings. The van der Waals surface area contributed by atoms with E-state index in [0.717, 1.165) is 29.5 Å². The summed E-state index contributed by atoms with van der Waals surface area (Å²) in [7, 11) is -1.30.